The Hall–Kier alpha value is -0.950. The van der Waals surface area contributed by atoms with Crippen LogP contribution in [0, 0.1) is 0 Å². The zero-order valence-electron chi connectivity index (χ0n) is 8.57. The summed E-state index contributed by atoms with van der Waals surface area (Å²) in [6, 6.07) is 0. The van der Waals surface area contributed by atoms with Crippen molar-refractivity contribution in [2.75, 3.05) is 26.2 Å². The second-order valence-electron chi connectivity index (χ2n) is 3.52. The molecule has 1 atom stereocenters. The highest BCUT2D eigenvalue weighted by atomic mass is 16.5. The molecule has 0 spiro atoms. The lowest BCUT2D eigenvalue weighted by molar-refractivity contribution is -0.126. The Kier molecular flexibility index (Phi) is 4.70. The summed E-state index contributed by atoms with van der Waals surface area (Å²) in [5, 5.41) is 21.3. The monoisotopic (exact) mass is 215 g/mol. The topological polar surface area (TPSA) is 84.8 Å². The number of hydroxylamine groups is 1. The summed E-state index contributed by atoms with van der Waals surface area (Å²) in [6.45, 7) is 6.63. The minimum absolute atomic E-state index is 0.145. The summed E-state index contributed by atoms with van der Waals surface area (Å²) in [4.78, 5) is 12.8. The molecule has 1 saturated heterocycles. The van der Waals surface area contributed by atoms with E-state index in [1.54, 1.807) is 0 Å². The van der Waals surface area contributed by atoms with Crippen LogP contribution in [0.2, 0.25) is 0 Å². The highest BCUT2D eigenvalue weighted by Crippen LogP contribution is 2.08. The van der Waals surface area contributed by atoms with Crippen molar-refractivity contribution in [2.24, 2.45) is 0 Å². The van der Waals surface area contributed by atoms with E-state index in [0.29, 0.717) is 0 Å². The number of aliphatic hydroxyl groups is 1. The molecule has 0 bridgehead atoms. The first-order chi connectivity index (χ1) is 7.15. The minimum atomic E-state index is -0.711. The summed E-state index contributed by atoms with van der Waals surface area (Å²) >= 11 is 0. The van der Waals surface area contributed by atoms with Crippen molar-refractivity contribution >= 4 is 5.91 Å². The number of carbonyl (C=O) groups is 1. The lowest BCUT2D eigenvalue weighted by atomic mass is 10.1. The molecule has 0 radical (unpaired) electrons. The van der Waals surface area contributed by atoms with E-state index in [2.05, 4.69) is 11.9 Å². The Bertz CT molecular complexity index is 239. The van der Waals surface area contributed by atoms with Crippen molar-refractivity contribution in [3.63, 3.8) is 0 Å². The van der Waals surface area contributed by atoms with Gasteiger partial charge >= 0.3 is 0 Å². The van der Waals surface area contributed by atoms with Crippen molar-refractivity contribution in [3.8, 4) is 0 Å². The van der Waals surface area contributed by atoms with Gasteiger partial charge in [-0.05, 0) is 0 Å². The summed E-state index contributed by atoms with van der Waals surface area (Å²) in [7, 11) is 0. The van der Waals surface area contributed by atoms with Crippen LogP contribution in [0.15, 0.2) is 12.2 Å². The van der Waals surface area contributed by atoms with Gasteiger partial charge in [0.15, 0.2) is 0 Å². The average Bonchev–Trinajstić information content (AvgIpc) is 2.29. The molecule has 4 N–H and O–H groups in total. The maximum Gasteiger partial charge on any atom is 0.270 e. The molecule has 0 aromatic heterocycles. The van der Waals surface area contributed by atoms with Gasteiger partial charge in [-0.15, -0.1) is 0 Å². The van der Waals surface area contributed by atoms with E-state index in [1.807, 2.05) is 4.90 Å². The molecule has 1 fully saturated rings. The number of piperazine rings is 1. The van der Waals surface area contributed by atoms with E-state index in [-0.39, 0.29) is 12.0 Å². The summed E-state index contributed by atoms with van der Waals surface area (Å²) in [6.07, 6.45) is -0.566. The van der Waals surface area contributed by atoms with Gasteiger partial charge in [-0.1, -0.05) is 6.58 Å². The summed E-state index contributed by atoms with van der Waals surface area (Å²) in [5.74, 6) is -0.649. The van der Waals surface area contributed by atoms with Crippen LogP contribution in [0.3, 0.4) is 0 Å². The molecule has 0 saturated carbocycles. The number of nitrogens with zero attached hydrogens (tertiary/aromatic N) is 1. The fraction of sp³-hybridized carbons (Fsp3) is 0.667. The SMILES string of the molecule is C=C(CC(O)N1CCNCC1)C(=O)NO. The first kappa shape index (κ1) is 12.1. The number of rotatable bonds is 4. The molecule has 1 unspecified atom stereocenters. The van der Waals surface area contributed by atoms with Crippen LogP contribution >= 0.6 is 0 Å². The lowest BCUT2D eigenvalue weighted by Crippen LogP contribution is -2.48. The third-order valence-corrected chi connectivity index (χ3v) is 2.42. The zero-order valence-corrected chi connectivity index (χ0v) is 8.57. The Morgan fingerprint density at radius 3 is 2.67 bits per heavy atom. The molecule has 1 aliphatic rings. The molecule has 0 aromatic carbocycles. The molecule has 1 amide bonds. The van der Waals surface area contributed by atoms with Crippen LogP contribution in [0.25, 0.3) is 0 Å². The van der Waals surface area contributed by atoms with E-state index < -0.39 is 12.1 Å². The average molecular weight is 215 g/mol. The van der Waals surface area contributed by atoms with Crippen molar-refractivity contribution in [1.82, 2.24) is 15.7 Å². The van der Waals surface area contributed by atoms with Gasteiger partial charge < -0.3 is 10.4 Å². The zero-order chi connectivity index (χ0) is 11.3. The fourth-order valence-corrected chi connectivity index (χ4v) is 1.50. The number of hydrogen-bond donors (Lipinski definition) is 4. The molecule has 0 aromatic rings. The highest BCUT2D eigenvalue weighted by molar-refractivity contribution is 5.91. The van der Waals surface area contributed by atoms with Crippen LogP contribution in [0.4, 0.5) is 0 Å². The molecular weight excluding hydrogens is 198 g/mol. The second-order valence-corrected chi connectivity index (χ2v) is 3.52. The van der Waals surface area contributed by atoms with Gasteiger partial charge in [0.2, 0.25) is 0 Å². The third kappa shape index (κ3) is 3.60. The number of carbonyl (C=O) groups excluding carboxylic acids is 1. The normalized spacial score (nSPS) is 19.6. The van der Waals surface area contributed by atoms with E-state index >= 15 is 0 Å². The van der Waals surface area contributed by atoms with Crippen LogP contribution in [-0.4, -0.2) is 53.5 Å². The van der Waals surface area contributed by atoms with Gasteiger partial charge in [0.1, 0.15) is 6.23 Å². The first-order valence-electron chi connectivity index (χ1n) is 4.90. The van der Waals surface area contributed by atoms with E-state index in [4.69, 9.17) is 5.21 Å². The molecule has 0 aliphatic carbocycles. The Morgan fingerprint density at radius 1 is 1.53 bits per heavy atom. The van der Waals surface area contributed by atoms with E-state index in [1.165, 1.54) is 5.48 Å². The smallest absolute Gasteiger partial charge is 0.270 e. The number of nitrogens with one attached hydrogen (secondary N) is 2. The number of aliphatic hydroxyl groups excluding tert-OH is 1. The molecule has 1 aliphatic heterocycles. The quantitative estimate of drug-likeness (QED) is 0.265. The molecule has 15 heavy (non-hydrogen) atoms. The van der Waals surface area contributed by atoms with Crippen LogP contribution in [-0.2, 0) is 4.79 Å². The largest absolute Gasteiger partial charge is 0.378 e. The van der Waals surface area contributed by atoms with Crippen LogP contribution in [0.1, 0.15) is 6.42 Å². The Morgan fingerprint density at radius 2 is 2.13 bits per heavy atom. The standard InChI is InChI=1S/C9H17N3O3/c1-7(9(14)11-15)6-8(13)12-4-2-10-3-5-12/h8,10,13,15H,1-6H2,(H,11,14). The van der Waals surface area contributed by atoms with Gasteiger partial charge in [-0.25, -0.2) is 5.48 Å². The summed E-state index contributed by atoms with van der Waals surface area (Å²) < 4.78 is 0. The molecule has 6 heteroatoms. The Balaban J connectivity index is 2.36. The van der Waals surface area contributed by atoms with Crippen LogP contribution < -0.4 is 10.8 Å². The molecular formula is C9H17N3O3. The molecule has 6 nitrogen and oxygen atoms in total. The predicted molar refractivity (Wildman–Crippen MR) is 54.1 cm³/mol. The highest BCUT2D eigenvalue weighted by Gasteiger charge is 2.20. The van der Waals surface area contributed by atoms with Gasteiger partial charge in [0, 0.05) is 38.2 Å². The van der Waals surface area contributed by atoms with Gasteiger partial charge in [-0.3, -0.25) is 14.9 Å². The molecule has 1 heterocycles. The Labute approximate surface area is 88.5 Å². The summed E-state index contributed by atoms with van der Waals surface area (Å²) in [5.41, 5.74) is 1.66. The van der Waals surface area contributed by atoms with Crippen molar-refractivity contribution in [1.29, 1.82) is 0 Å². The minimum Gasteiger partial charge on any atom is -0.378 e. The third-order valence-electron chi connectivity index (χ3n) is 2.42. The van der Waals surface area contributed by atoms with Gasteiger partial charge in [0.25, 0.3) is 5.91 Å². The maximum atomic E-state index is 10.9. The lowest BCUT2D eigenvalue weighted by Gasteiger charge is -2.31. The van der Waals surface area contributed by atoms with Crippen molar-refractivity contribution < 1.29 is 15.1 Å². The molecule has 1 rings (SSSR count). The van der Waals surface area contributed by atoms with Gasteiger partial charge in [0.05, 0.1) is 0 Å². The predicted octanol–water partition coefficient (Wildman–Crippen LogP) is -1.34. The van der Waals surface area contributed by atoms with Crippen LogP contribution in [0.5, 0.6) is 0 Å². The van der Waals surface area contributed by atoms with Gasteiger partial charge in [-0.2, -0.15) is 0 Å². The van der Waals surface area contributed by atoms with E-state index in [9.17, 15) is 9.90 Å². The number of amides is 1. The second kappa shape index (κ2) is 5.82. The first-order valence-corrected chi connectivity index (χ1v) is 4.90. The van der Waals surface area contributed by atoms with Crippen molar-refractivity contribution in [2.45, 2.75) is 12.6 Å². The molecule has 86 valence electrons. The number of hydrogen-bond acceptors (Lipinski definition) is 5. The van der Waals surface area contributed by atoms with Crippen molar-refractivity contribution in [3.05, 3.63) is 12.2 Å². The van der Waals surface area contributed by atoms with E-state index in [0.717, 1.165) is 26.2 Å². The maximum absolute atomic E-state index is 10.9. The fourth-order valence-electron chi connectivity index (χ4n) is 1.50.